The Balaban J connectivity index is 2.94. The van der Waals surface area contributed by atoms with Crippen molar-refractivity contribution in [2.24, 2.45) is 5.73 Å². The number of carbonyl (C=O) groups is 2. The number of anilines is 1. The fraction of sp³-hybridized carbons (Fsp3) is 0.286. The predicted octanol–water partition coefficient (Wildman–Crippen LogP) is 1.22. The molecule has 0 aliphatic carbocycles. The Morgan fingerprint density at radius 1 is 1.42 bits per heavy atom. The SMILES string of the molecule is CN(C)c1cc(/C=C/C(N)=O)ccc1OCCC=O. The van der Waals surface area contributed by atoms with E-state index in [9.17, 15) is 9.59 Å². The molecule has 5 heteroatoms. The van der Waals surface area contributed by atoms with Gasteiger partial charge in [-0.05, 0) is 23.8 Å². The van der Waals surface area contributed by atoms with Crippen LogP contribution in [-0.2, 0) is 9.59 Å². The predicted molar refractivity (Wildman–Crippen MR) is 75.2 cm³/mol. The van der Waals surface area contributed by atoms with E-state index in [0.717, 1.165) is 17.5 Å². The van der Waals surface area contributed by atoms with Gasteiger partial charge in [-0.25, -0.2) is 0 Å². The third-order valence-electron chi connectivity index (χ3n) is 2.40. The van der Waals surface area contributed by atoms with E-state index < -0.39 is 5.91 Å². The molecule has 0 aliphatic heterocycles. The number of ether oxygens (including phenoxy) is 1. The molecule has 1 aromatic carbocycles. The minimum absolute atomic E-state index is 0.348. The Bertz CT molecular complexity index is 482. The number of nitrogens with zero attached hydrogens (tertiary/aromatic N) is 1. The normalized spacial score (nSPS) is 10.4. The van der Waals surface area contributed by atoms with Crippen LogP contribution in [0.4, 0.5) is 5.69 Å². The number of primary amides is 1. The molecule has 0 saturated carbocycles. The summed E-state index contributed by atoms with van der Waals surface area (Å²) in [4.78, 5) is 22.9. The van der Waals surface area contributed by atoms with Crippen molar-refractivity contribution in [2.75, 3.05) is 25.6 Å². The van der Waals surface area contributed by atoms with Crippen molar-refractivity contribution < 1.29 is 14.3 Å². The molecule has 0 radical (unpaired) electrons. The number of hydrogen-bond acceptors (Lipinski definition) is 4. The first-order valence-corrected chi connectivity index (χ1v) is 5.90. The molecule has 0 saturated heterocycles. The van der Waals surface area contributed by atoms with Crippen molar-refractivity contribution in [3.05, 3.63) is 29.8 Å². The Labute approximate surface area is 112 Å². The second kappa shape index (κ2) is 7.20. The number of amides is 1. The zero-order valence-corrected chi connectivity index (χ0v) is 11.1. The molecule has 5 nitrogen and oxygen atoms in total. The van der Waals surface area contributed by atoms with Crippen molar-refractivity contribution in [3.63, 3.8) is 0 Å². The van der Waals surface area contributed by atoms with E-state index in [1.807, 2.05) is 31.1 Å². The third-order valence-corrected chi connectivity index (χ3v) is 2.40. The molecule has 102 valence electrons. The van der Waals surface area contributed by atoms with Crippen LogP contribution in [0.15, 0.2) is 24.3 Å². The zero-order chi connectivity index (χ0) is 14.3. The number of benzene rings is 1. The van der Waals surface area contributed by atoms with Crippen molar-refractivity contribution in [1.29, 1.82) is 0 Å². The van der Waals surface area contributed by atoms with Crippen molar-refractivity contribution >= 4 is 24.0 Å². The topological polar surface area (TPSA) is 72.6 Å². The van der Waals surface area contributed by atoms with Gasteiger partial charge in [-0.15, -0.1) is 0 Å². The Hall–Kier alpha value is -2.30. The van der Waals surface area contributed by atoms with Gasteiger partial charge in [0.15, 0.2) is 0 Å². The van der Waals surface area contributed by atoms with Gasteiger partial charge < -0.3 is 20.2 Å². The molecule has 1 aromatic rings. The summed E-state index contributed by atoms with van der Waals surface area (Å²) in [6.07, 6.45) is 4.13. The first-order valence-electron chi connectivity index (χ1n) is 5.90. The molecule has 0 aliphatic rings. The van der Waals surface area contributed by atoms with Crippen LogP contribution < -0.4 is 15.4 Å². The minimum Gasteiger partial charge on any atom is -0.491 e. The first-order chi connectivity index (χ1) is 9.04. The van der Waals surface area contributed by atoms with Gasteiger partial charge in [0.2, 0.25) is 5.91 Å². The van der Waals surface area contributed by atoms with Crippen LogP contribution >= 0.6 is 0 Å². The molecule has 0 heterocycles. The number of carbonyl (C=O) groups excluding carboxylic acids is 2. The lowest BCUT2D eigenvalue weighted by molar-refractivity contribution is -0.113. The minimum atomic E-state index is -0.488. The Kier molecular flexibility index (Phi) is 5.60. The molecule has 1 rings (SSSR count). The van der Waals surface area contributed by atoms with E-state index in [4.69, 9.17) is 10.5 Å². The van der Waals surface area contributed by atoms with Crippen LogP contribution in [0.3, 0.4) is 0 Å². The number of nitrogens with two attached hydrogens (primary N) is 1. The van der Waals surface area contributed by atoms with Gasteiger partial charge in [-0.3, -0.25) is 4.79 Å². The van der Waals surface area contributed by atoms with Gasteiger partial charge in [0, 0.05) is 26.6 Å². The quantitative estimate of drug-likeness (QED) is 0.455. The summed E-state index contributed by atoms with van der Waals surface area (Å²) < 4.78 is 5.53. The largest absolute Gasteiger partial charge is 0.491 e. The molecular formula is C14H18N2O3. The molecule has 0 spiro atoms. The smallest absolute Gasteiger partial charge is 0.241 e. The Morgan fingerprint density at radius 2 is 2.16 bits per heavy atom. The van der Waals surface area contributed by atoms with Gasteiger partial charge in [0.25, 0.3) is 0 Å². The van der Waals surface area contributed by atoms with Crippen LogP contribution in [0.5, 0.6) is 5.75 Å². The highest BCUT2D eigenvalue weighted by Gasteiger charge is 2.06. The van der Waals surface area contributed by atoms with E-state index in [-0.39, 0.29) is 0 Å². The maximum absolute atomic E-state index is 10.7. The van der Waals surface area contributed by atoms with Crippen LogP contribution in [0.1, 0.15) is 12.0 Å². The third kappa shape index (κ3) is 4.83. The lowest BCUT2D eigenvalue weighted by Crippen LogP contribution is -2.11. The van der Waals surface area contributed by atoms with Crippen LogP contribution in [0.2, 0.25) is 0 Å². The van der Waals surface area contributed by atoms with Gasteiger partial charge in [-0.1, -0.05) is 6.07 Å². The monoisotopic (exact) mass is 262 g/mol. The Morgan fingerprint density at radius 3 is 2.74 bits per heavy atom. The highest BCUT2D eigenvalue weighted by molar-refractivity contribution is 5.90. The van der Waals surface area contributed by atoms with Crippen molar-refractivity contribution in [2.45, 2.75) is 6.42 Å². The van der Waals surface area contributed by atoms with Gasteiger partial charge in [0.1, 0.15) is 12.0 Å². The summed E-state index contributed by atoms with van der Waals surface area (Å²) in [6.45, 7) is 0.348. The fourth-order valence-corrected chi connectivity index (χ4v) is 1.50. The second-order valence-corrected chi connectivity index (χ2v) is 4.16. The number of hydrogen-bond donors (Lipinski definition) is 1. The van der Waals surface area contributed by atoms with Crippen LogP contribution in [0, 0.1) is 0 Å². The molecule has 1 amide bonds. The van der Waals surface area contributed by atoms with E-state index in [2.05, 4.69) is 0 Å². The summed E-state index contributed by atoms with van der Waals surface area (Å²) in [6, 6.07) is 5.51. The average molecular weight is 262 g/mol. The van der Waals surface area contributed by atoms with Gasteiger partial charge >= 0.3 is 0 Å². The lowest BCUT2D eigenvalue weighted by atomic mass is 10.1. The fourth-order valence-electron chi connectivity index (χ4n) is 1.50. The summed E-state index contributed by atoms with van der Waals surface area (Å²) in [5, 5.41) is 0. The van der Waals surface area contributed by atoms with Gasteiger partial charge in [-0.2, -0.15) is 0 Å². The van der Waals surface area contributed by atoms with E-state index in [1.165, 1.54) is 6.08 Å². The lowest BCUT2D eigenvalue weighted by Gasteiger charge is -2.18. The summed E-state index contributed by atoms with van der Waals surface area (Å²) >= 11 is 0. The van der Waals surface area contributed by atoms with E-state index >= 15 is 0 Å². The zero-order valence-electron chi connectivity index (χ0n) is 11.1. The standard InChI is InChI=1S/C14H18N2O3/c1-16(2)12-10-11(5-7-14(15)18)4-6-13(12)19-9-3-8-17/h4-8,10H,3,9H2,1-2H3,(H2,15,18)/b7-5+. The number of rotatable bonds is 7. The summed E-state index contributed by atoms with van der Waals surface area (Å²) in [7, 11) is 3.78. The molecule has 0 atom stereocenters. The molecule has 19 heavy (non-hydrogen) atoms. The van der Waals surface area contributed by atoms with Crippen molar-refractivity contribution in [1.82, 2.24) is 0 Å². The maximum atomic E-state index is 10.7. The second-order valence-electron chi connectivity index (χ2n) is 4.16. The van der Waals surface area contributed by atoms with E-state index in [1.54, 1.807) is 12.1 Å². The number of aldehydes is 1. The molecule has 0 bridgehead atoms. The molecule has 0 unspecified atom stereocenters. The molecule has 2 N–H and O–H groups in total. The highest BCUT2D eigenvalue weighted by atomic mass is 16.5. The van der Waals surface area contributed by atoms with Crippen LogP contribution in [0.25, 0.3) is 6.08 Å². The van der Waals surface area contributed by atoms with E-state index in [0.29, 0.717) is 18.8 Å². The maximum Gasteiger partial charge on any atom is 0.241 e. The molecule has 0 fully saturated rings. The summed E-state index contributed by atoms with van der Waals surface area (Å²) in [5.41, 5.74) is 6.78. The average Bonchev–Trinajstić information content (AvgIpc) is 2.37. The molecular weight excluding hydrogens is 244 g/mol. The first kappa shape index (κ1) is 14.8. The van der Waals surface area contributed by atoms with Crippen molar-refractivity contribution in [3.8, 4) is 5.75 Å². The summed E-state index contributed by atoms with van der Waals surface area (Å²) in [5.74, 6) is 0.209. The molecule has 0 aromatic heterocycles. The van der Waals surface area contributed by atoms with Gasteiger partial charge in [0.05, 0.1) is 12.3 Å². The highest BCUT2D eigenvalue weighted by Crippen LogP contribution is 2.28. The van der Waals surface area contributed by atoms with Crippen LogP contribution in [-0.4, -0.2) is 32.9 Å².